The van der Waals surface area contributed by atoms with Crippen molar-refractivity contribution in [1.82, 2.24) is 0 Å². The number of ether oxygens (including phenoxy) is 2. The molecule has 0 aromatic carbocycles. The van der Waals surface area contributed by atoms with Crippen molar-refractivity contribution in [2.75, 3.05) is 13.2 Å². The van der Waals surface area contributed by atoms with Gasteiger partial charge in [-0.25, -0.2) is 4.18 Å². The molecule has 12 heteroatoms. The molecule has 1 saturated heterocycles. The first-order chi connectivity index (χ1) is 17.1. The van der Waals surface area contributed by atoms with Crippen LogP contribution in [-0.2, 0) is 24.1 Å². The maximum absolute atomic E-state index is 10.9. The summed E-state index contributed by atoms with van der Waals surface area (Å²) in [4.78, 5) is 0. The van der Waals surface area contributed by atoms with E-state index in [9.17, 15) is 28.8 Å². The number of allylic oxidation sites excluding steroid dienone is 1. The lowest BCUT2D eigenvalue weighted by atomic mass is 9.99. The van der Waals surface area contributed by atoms with Crippen LogP contribution in [0.25, 0.3) is 0 Å². The Bertz CT molecular complexity index is 690. The van der Waals surface area contributed by atoms with Gasteiger partial charge in [-0.15, -0.1) is 0 Å². The van der Waals surface area contributed by atoms with E-state index >= 15 is 0 Å². The second-order valence-electron chi connectivity index (χ2n) is 9.43. The zero-order chi connectivity index (χ0) is 27.0. The maximum atomic E-state index is 10.9. The Labute approximate surface area is 215 Å². The third-order valence-corrected chi connectivity index (χ3v) is 6.71. The predicted molar refractivity (Wildman–Crippen MR) is 134 cm³/mol. The van der Waals surface area contributed by atoms with Crippen molar-refractivity contribution in [3.8, 4) is 0 Å². The summed E-state index contributed by atoms with van der Waals surface area (Å²) in [5.41, 5.74) is 5.99. The van der Waals surface area contributed by atoms with Gasteiger partial charge in [-0.2, -0.15) is 8.42 Å². The van der Waals surface area contributed by atoms with Crippen molar-refractivity contribution in [1.29, 1.82) is 0 Å². The largest absolute Gasteiger partial charge is 0.397 e. The van der Waals surface area contributed by atoms with Crippen LogP contribution < -0.4 is 5.73 Å². The molecule has 1 rings (SSSR count). The zero-order valence-corrected chi connectivity index (χ0v) is 22.2. The predicted octanol–water partition coefficient (Wildman–Crippen LogP) is 1.58. The van der Waals surface area contributed by atoms with Gasteiger partial charge in [-0.3, -0.25) is 4.55 Å². The Balaban J connectivity index is 2.51. The average molecular weight is 542 g/mol. The van der Waals surface area contributed by atoms with Gasteiger partial charge < -0.3 is 35.6 Å². The van der Waals surface area contributed by atoms with E-state index in [0.29, 0.717) is 0 Å². The van der Waals surface area contributed by atoms with Gasteiger partial charge in [0.25, 0.3) is 0 Å². The van der Waals surface area contributed by atoms with Crippen LogP contribution in [0.4, 0.5) is 0 Å². The average Bonchev–Trinajstić information content (AvgIpc) is 2.84. The van der Waals surface area contributed by atoms with Crippen molar-refractivity contribution in [2.45, 2.75) is 127 Å². The van der Waals surface area contributed by atoms with E-state index in [-0.39, 0.29) is 0 Å². The highest BCUT2D eigenvalue weighted by molar-refractivity contribution is 7.80. The molecule has 11 nitrogen and oxygen atoms in total. The second-order valence-corrected chi connectivity index (χ2v) is 10.5. The van der Waals surface area contributed by atoms with Gasteiger partial charge >= 0.3 is 10.4 Å². The van der Waals surface area contributed by atoms with Crippen LogP contribution in [0, 0.1) is 0 Å². The molecule has 1 fully saturated rings. The molecular weight excluding hydrogens is 494 g/mol. The summed E-state index contributed by atoms with van der Waals surface area (Å²) in [6.07, 6.45) is 9.10. The van der Waals surface area contributed by atoms with Crippen LogP contribution in [0.15, 0.2) is 12.2 Å². The van der Waals surface area contributed by atoms with Gasteiger partial charge in [0.2, 0.25) is 0 Å². The number of aliphatic hydroxyl groups is 4. The van der Waals surface area contributed by atoms with Crippen LogP contribution in [0.5, 0.6) is 0 Å². The number of aliphatic hydroxyl groups excluding tert-OH is 4. The van der Waals surface area contributed by atoms with E-state index in [1.807, 2.05) is 6.08 Å². The highest BCUT2D eigenvalue weighted by Gasteiger charge is 2.45. The molecule has 36 heavy (non-hydrogen) atoms. The summed E-state index contributed by atoms with van der Waals surface area (Å²) in [5.74, 6) is 0. The summed E-state index contributed by atoms with van der Waals surface area (Å²) >= 11 is 0. The minimum atomic E-state index is -4.72. The summed E-state index contributed by atoms with van der Waals surface area (Å²) in [6, 6.07) is -1.08. The number of unbranched alkanes of at least 4 members (excludes halogenated alkanes) is 11. The highest BCUT2D eigenvalue weighted by atomic mass is 32.3. The molecule has 1 aliphatic heterocycles. The molecule has 1 unspecified atom stereocenters. The molecule has 0 spiro atoms. The second kappa shape index (κ2) is 18.6. The van der Waals surface area contributed by atoms with Crippen molar-refractivity contribution < 1.29 is 47.1 Å². The standard InChI is InChI=1S/C24H47NO10S/c1-2-3-4-5-6-7-8-9-10-11-12-13-14-15-19(18(25)17-33-36(30,31)32)34-24-23(29)22(28)21(27)20(16-26)35-24/h14-15,18-24,26-29H,2-13,16-17,25H2,1H3,(H,30,31,32)/b15-14+/t18-,19+,20+,21-,22-,23+,24?/m0/s1. The van der Waals surface area contributed by atoms with Crippen molar-refractivity contribution in [3.63, 3.8) is 0 Å². The zero-order valence-electron chi connectivity index (χ0n) is 21.4. The maximum Gasteiger partial charge on any atom is 0.397 e. The van der Waals surface area contributed by atoms with Crippen LogP contribution in [-0.4, -0.2) is 89.5 Å². The van der Waals surface area contributed by atoms with Crippen LogP contribution in [0.3, 0.4) is 0 Å². The third-order valence-electron chi connectivity index (χ3n) is 6.27. The molecule has 0 saturated carbocycles. The van der Waals surface area contributed by atoms with Crippen LogP contribution >= 0.6 is 0 Å². The first-order valence-electron chi connectivity index (χ1n) is 13.1. The lowest BCUT2D eigenvalue weighted by Crippen LogP contribution is -2.60. The molecule has 0 aromatic heterocycles. The molecule has 0 bridgehead atoms. The van der Waals surface area contributed by atoms with Crippen molar-refractivity contribution in [3.05, 3.63) is 12.2 Å². The molecule has 7 atom stereocenters. The molecular formula is C24H47NO10S. The lowest BCUT2D eigenvalue weighted by Gasteiger charge is -2.41. The SMILES string of the molecule is CCCCCCCCCCCCC/C=C/[C@@H](OC1O[C@H](CO)[C@H](O)[C@H](O)[C@H]1O)[C@@H](N)COS(=O)(=O)O. The molecule has 1 heterocycles. The third kappa shape index (κ3) is 13.8. The van der Waals surface area contributed by atoms with Crippen molar-refractivity contribution in [2.24, 2.45) is 5.73 Å². The normalized spacial score (nSPS) is 26.9. The first-order valence-corrected chi connectivity index (χ1v) is 14.5. The van der Waals surface area contributed by atoms with Crippen LogP contribution in [0.2, 0.25) is 0 Å². The lowest BCUT2D eigenvalue weighted by molar-refractivity contribution is -0.308. The fraction of sp³-hybridized carbons (Fsp3) is 0.917. The van der Waals surface area contributed by atoms with E-state index in [1.54, 1.807) is 6.08 Å². The Hall–Kier alpha value is -0.670. The Morgan fingerprint density at radius 3 is 2.00 bits per heavy atom. The van der Waals surface area contributed by atoms with Gasteiger partial charge in [0.05, 0.1) is 25.4 Å². The molecule has 7 N–H and O–H groups in total. The molecule has 214 valence electrons. The number of nitrogens with two attached hydrogens (primary N) is 1. The Kier molecular flexibility index (Phi) is 17.2. The summed E-state index contributed by atoms with van der Waals surface area (Å²) in [6.45, 7) is 0.987. The topological polar surface area (TPSA) is 189 Å². The fourth-order valence-corrected chi connectivity index (χ4v) is 4.37. The van der Waals surface area contributed by atoms with Gasteiger partial charge in [0.1, 0.15) is 24.4 Å². The number of hydrogen-bond donors (Lipinski definition) is 6. The van der Waals surface area contributed by atoms with Gasteiger partial charge in [0.15, 0.2) is 6.29 Å². The molecule has 0 amide bonds. The minimum absolute atomic E-state index is 0.607. The number of rotatable bonds is 20. The fourth-order valence-electron chi connectivity index (χ4n) is 4.04. The first kappa shape index (κ1) is 33.4. The van der Waals surface area contributed by atoms with Gasteiger partial charge in [-0.05, 0) is 12.8 Å². The van der Waals surface area contributed by atoms with Gasteiger partial charge in [0, 0.05) is 0 Å². The molecule has 0 radical (unpaired) electrons. The van der Waals surface area contributed by atoms with Gasteiger partial charge in [-0.1, -0.05) is 83.3 Å². The van der Waals surface area contributed by atoms with E-state index < -0.39 is 66.5 Å². The van der Waals surface area contributed by atoms with E-state index in [1.165, 1.54) is 51.4 Å². The Morgan fingerprint density at radius 1 is 0.917 bits per heavy atom. The monoisotopic (exact) mass is 541 g/mol. The molecule has 1 aliphatic rings. The molecule has 0 aliphatic carbocycles. The highest BCUT2D eigenvalue weighted by Crippen LogP contribution is 2.24. The minimum Gasteiger partial charge on any atom is -0.394 e. The quantitative estimate of drug-likeness (QED) is 0.0745. The van der Waals surface area contributed by atoms with Crippen molar-refractivity contribution >= 4 is 10.4 Å². The van der Waals surface area contributed by atoms with Crippen LogP contribution in [0.1, 0.15) is 84.0 Å². The summed E-state index contributed by atoms with van der Waals surface area (Å²) in [7, 11) is -4.72. The number of hydrogen-bond acceptors (Lipinski definition) is 10. The summed E-state index contributed by atoms with van der Waals surface area (Å²) < 4.78 is 46.0. The molecule has 0 aromatic rings. The summed E-state index contributed by atoms with van der Waals surface area (Å²) in [5, 5.41) is 39.5. The van der Waals surface area contributed by atoms with E-state index in [0.717, 1.165) is 25.7 Å². The van der Waals surface area contributed by atoms with E-state index in [4.69, 9.17) is 19.8 Å². The van der Waals surface area contributed by atoms with E-state index in [2.05, 4.69) is 11.1 Å². The smallest absolute Gasteiger partial charge is 0.394 e. The Morgan fingerprint density at radius 2 is 1.47 bits per heavy atom.